The van der Waals surface area contributed by atoms with E-state index in [0.717, 1.165) is 17.1 Å². The molecule has 4 rings (SSSR count). The second-order valence-electron chi connectivity index (χ2n) is 7.65. The predicted molar refractivity (Wildman–Crippen MR) is 131 cm³/mol. The van der Waals surface area contributed by atoms with Crippen LogP contribution in [0, 0.1) is 11.3 Å². The number of amides is 2. The van der Waals surface area contributed by atoms with Crippen molar-refractivity contribution in [2.45, 2.75) is 12.7 Å². The number of nitrogens with one attached hydrogen (secondary N) is 1. The van der Waals surface area contributed by atoms with E-state index in [1.807, 2.05) is 0 Å². The summed E-state index contributed by atoms with van der Waals surface area (Å²) < 4.78 is 46.0. The molecule has 1 aromatic heterocycles. The summed E-state index contributed by atoms with van der Waals surface area (Å²) >= 11 is 12.7. The number of carbonyl (C=O) groups is 1. The second kappa shape index (κ2) is 10.0. The van der Waals surface area contributed by atoms with E-state index in [0.29, 0.717) is 0 Å². The Hall–Kier alpha value is -4.27. The first-order valence-electron chi connectivity index (χ1n) is 10.3. The van der Waals surface area contributed by atoms with Crippen molar-refractivity contribution >= 4 is 40.6 Å². The van der Waals surface area contributed by atoms with Gasteiger partial charge in [-0.05, 0) is 35.9 Å². The smallest absolute Gasteiger partial charge is 0.416 e. The third kappa shape index (κ3) is 5.61. The van der Waals surface area contributed by atoms with Gasteiger partial charge < -0.3 is 14.6 Å². The Morgan fingerprint density at radius 2 is 1.81 bits per heavy atom. The number of alkyl halides is 3. The molecule has 1 aliphatic rings. The standard InChI is InChI=1S/C24H14Cl2F3N5O3/c1-13-20(10-30)32-34(23(36)31-13)16-8-18(25)22(19(26)9-16)37-17-5-6-21(35)33(12-17)11-14-3-2-4-15(7-14)24(27,28)29/h2-9,12H,1,11H2,(H,31,36). The van der Waals surface area contributed by atoms with E-state index in [2.05, 4.69) is 17.0 Å². The maximum absolute atomic E-state index is 13.0. The van der Waals surface area contributed by atoms with Crippen molar-refractivity contribution < 1.29 is 22.7 Å². The Kier molecular flexibility index (Phi) is 6.98. The van der Waals surface area contributed by atoms with Crippen LogP contribution in [-0.4, -0.2) is 16.3 Å². The summed E-state index contributed by atoms with van der Waals surface area (Å²) in [6, 6.07) is 10.9. The second-order valence-corrected chi connectivity index (χ2v) is 8.46. The number of aromatic nitrogens is 1. The molecule has 2 heterocycles. The van der Waals surface area contributed by atoms with Gasteiger partial charge in [-0.2, -0.15) is 28.5 Å². The summed E-state index contributed by atoms with van der Waals surface area (Å²) in [5.74, 6) is 0.114. The zero-order chi connectivity index (χ0) is 26.9. The first-order chi connectivity index (χ1) is 17.5. The summed E-state index contributed by atoms with van der Waals surface area (Å²) in [6.07, 6.45) is -3.22. The van der Waals surface area contributed by atoms with Gasteiger partial charge in [-0.1, -0.05) is 41.9 Å². The molecule has 2 amide bonds. The first-order valence-corrected chi connectivity index (χ1v) is 11.0. The highest BCUT2D eigenvalue weighted by Crippen LogP contribution is 2.40. The van der Waals surface area contributed by atoms with Gasteiger partial charge in [0.05, 0.1) is 39.7 Å². The van der Waals surface area contributed by atoms with Crippen molar-refractivity contribution in [2.24, 2.45) is 5.10 Å². The summed E-state index contributed by atoms with van der Waals surface area (Å²) in [5.41, 5.74) is -0.983. The van der Waals surface area contributed by atoms with Gasteiger partial charge in [-0.25, -0.2) is 4.79 Å². The SMILES string of the molecule is C=C1NC(=O)N(c2cc(Cl)c(Oc3ccc(=O)n(Cc4cccc(C(F)(F)F)c4)c3)c(Cl)c2)N=C1C#N. The summed E-state index contributed by atoms with van der Waals surface area (Å²) in [4.78, 5) is 24.6. The van der Waals surface area contributed by atoms with E-state index in [1.54, 1.807) is 6.07 Å². The molecule has 0 bridgehead atoms. The number of nitrogens with zero attached hydrogens (tertiary/aromatic N) is 4. The van der Waals surface area contributed by atoms with Crippen LogP contribution in [0.2, 0.25) is 10.0 Å². The largest absolute Gasteiger partial charge is 0.453 e. The number of ether oxygens (including phenoxy) is 1. The number of urea groups is 1. The van der Waals surface area contributed by atoms with E-state index in [1.165, 1.54) is 47.2 Å². The van der Waals surface area contributed by atoms with E-state index in [9.17, 15) is 22.8 Å². The topological polar surface area (TPSA) is 99.7 Å². The highest BCUT2D eigenvalue weighted by atomic mass is 35.5. The zero-order valence-corrected chi connectivity index (χ0v) is 20.0. The molecule has 0 spiro atoms. The predicted octanol–water partition coefficient (Wildman–Crippen LogP) is 5.94. The summed E-state index contributed by atoms with van der Waals surface area (Å²) in [6.45, 7) is 3.39. The lowest BCUT2D eigenvalue weighted by Gasteiger charge is -2.24. The molecule has 0 saturated heterocycles. The van der Waals surface area contributed by atoms with Crippen molar-refractivity contribution in [1.82, 2.24) is 9.88 Å². The molecule has 1 N–H and O–H groups in total. The van der Waals surface area contributed by atoms with Crippen LogP contribution < -0.4 is 20.6 Å². The van der Waals surface area contributed by atoms with E-state index in [-0.39, 0.29) is 50.7 Å². The zero-order valence-electron chi connectivity index (χ0n) is 18.5. The number of carbonyl (C=O) groups excluding carboxylic acids is 1. The number of hydrogen-bond acceptors (Lipinski definition) is 5. The average molecular weight is 548 g/mol. The lowest BCUT2D eigenvalue weighted by atomic mass is 10.1. The van der Waals surface area contributed by atoms with Crippen LogP contribution in [0.25, 0.3) is 0 Å². The fourth-order valence-electron chi connectivity index (χ4n) is 3.33. The van der Waals surface area contributed by atoms with Gasteiger partial charge in [0.2, 0.25) is 0 Å². The molecule has 1 aliphatic heterocycles. The van der Waals surface area contributed by atoms with Gasteiger partial charge in [0.15, 0.2) is 11.5 Å². The van der Waals surface area contributed by atoms with E-state index < -0.39 is 23.3 Å². The van der Waals surface area contributed by atoms with Gasteiger partial charge in [0.1, 0.15) is 11.8 Å². The molecule has 0 fully saturated rings. The Morgan fingerprint density at radius 1 is 1.11 bits per heavy atom. The molecular weight excluding hydrogens is 534 g/mol. The lowest BCUT2D eigenvalue weighted by Crippen LogP contribution is -2.42. The van der Waals surface area contributed by atoms with Gasteiger partial charge in [0.25, 0.3) is 5.56 Å². The molecule has 188 valence electrons. The molecule has 2 aromatic carbocycles. The van der Waals surface area contributed by atoms with Gasteiger partial charge in [-0.15, -0.1) is 0 Å². The number of rotatable bonds is 5. The molecular formula is C24H14Cl2F3N5O3. The maximum atomic E-state index is 13.0. The molecule has 0 radical (unpaired) electrons. The van der Waals surface area contributed by atoms with Crippen LogP contribution in [0.3, 0.4) is 0 Å². The Morgan fingerprint density at radius 3 is 2.46 bits per heavy atom. The first kappa shape index (κ1) is 25.8. The van der Waals surface area contributed by atoms with Crippen LogP contribution >= 0.6 is 23.2 Å². The molecule has 3 aromatic rings. The molecule has 0 aliphatic carbocycles. The Bertz CT molecular complexity index is 1540. The normalized spacial score (nSPS) is 13.6. The van der Waals surface area contributed by atoms with Crippen LogP contribution in [0.15, 0.2) is 76.9 Å². The van der Waals surface area contributed by atoms with Gasteiger partial charge in [-0.3, -0.25) is 4.79 Å². The highest BCUT2D eigenvalue weighted by Gasteiger charge is 2.30. The van der Waals surface area contributed by atoms with Crippen LogP contribution in [-0.2, 0) is 12.7 Å². The minimum absolute atomic E-state index is 0.0114. The van der Waals surface area contributed by atoms with Crippen molar-refractivity contribution in [3.8, 4) is 17.6 Å². The third-order valence-corrected chi connectivity index (χ3v) is 5.61. The quantitative estimate of drug-likeness (QED) is 0.427. The Balaban J connectivity index is 1.61. The number of allylic oxidation sites excluding steroid dienone is 1. The van der Waals surface area contributed by atoms with Crippen LogP contribution in [0.4, 0.5) is 23.7 Å². The molecule has 13 heteroatoms. The number of hydrazone groups is 1. The number of halogens is 5. The molecule has 37 heavy (non-hydrogen) atoms. The van der Waals surface area contributed by atoms with Crippen LogP contribution in [0.1, 0.15) is 11.1 Å². The molecule has 0 atom stereocenters. The monoisotopic (exact) mass is 547 g/mol. The maximum Gasteiger partial charge on any atom is 0.416 e. The minimum Gasteiger partial charge on any atom is -0.453 e. The van der Waals surface area contributed by atoms with E-state index >= 15 is 0 Å². The Labute approximate surface area is 217 Å². The summed E-state index contributed by atoms with van der Waals surface area (Å²) in [5, 5.41) is 16.3. The number of pyridine rings is 1. The van der Waals surface area contributed by atoms with Gasteiger partial charge >= 0.3 is 12.2 Å². The molecule has 8 nitrogen and oxygen atoms in total. The fourth-order valence-corrected chi connectivity index (χ4v) is 3.88. The van der Waals surface area contributed by atoms with Crippen LogP contribution in [0.5, 0.6) is 11.5 Å². The highest BCUT2D eigenvalue weighted by molar-refractivity contribution is 6.37. The molecule has 0 unspecified atom stereocenters. The third-order valence-electron chi connectivity index (χ3n) is 5.05. The van der Waals surface area contributed by atoms with Crippen molar-refractivity contribution in [2.75, 3.05) is 5.01 Å². The van der Waals surface area contributed by atoms with Gasteiger partial charge in [0, 0.05) is 6.07 Å². The number of benzene rings is 2. The molecule has 0 saturated carbocycles. The number of anilines is 1. The summed E-state index contributed by atoms with van der Waals surface area (Å²) in [7, 11) is 0. The van der Waals surface area contributed by atoms with Crippen molar-refractivity contribution in [1.29, 1.82) is 5.26 Å². The van der Waals surface area contributed by atoms with E-state index in [4.69, 9.17) is 33.2 Å². The number of hydrogen-bond donors (Lipinski definition) is 1. The average Bonchev–Trinajstić information content (AvgIpc) is 2.83. The lowest BCUT2D eigenvalue weighted by molar-refractivity contribution is -0.137. The minimum atomic E-state index is -4.52. The number of nitriles is 1. The van der Waals surface area contributed by atoms with Crippen molar-refractivity contribution in [3.63, 3.8) is 0 Å². The fraction of sp³-hybridized carbons (Fsp3) is 0.0833. The van der Waals surface area contributed by atoms with Crippen molar-refractivity contribution in [3.05, 3.63) is 98.5 Å².